The Morgan fingerprint density at radius 2 is 2.04 bits per heavy atom. The highest BCUT2D eigenvalue weighted by atomic mass is 19.1. The summed E-state index contributed by atoms with van der Waals surface area (Å²) >= 11 is 0. The van der Waals surface area contributed by atoms with E-state index < -0.39 is 17.4 Å². The highest BCUT2D eigenvalue weighted by Crippen LogP contribution is 2.11. The van der Waals surface area contributed by atoms with E-state index in [0.29, 0.717) is 12.2 Å². The molecule has 0 saturated heterocycles. The second kappa shape index (κ2) is 7.12. The monoisotopic (exact) mass is 315 g/mol. The molecule has 1 heterocycles. The predicted molar refractivity (Wildman–Crippen MR) is 81.7 cm³/mol. The third-order valence-electron chi connectivity index (χ3n) is 3.02. The van der Waals surface area contributed by atoms with Crippen LogP contribution in [0.15, 0.2) is 64.8 Å². The molecule has 0 aliphatic carbocycles. The molecule has 0 bridgehead atoms. The molecule has 0 radical (unpaired) electrons. The second-order valence-electron chi connectivity index (χ2n) is 4.61. The van der Waals surface area contributed by atoms with Gasteiger partial charge in [-0.3, -0.25) is 10.2 Å². The SMILES string of the molecule is N=C(N=NN)/C(O)=C/C(=O)c1cccn1Cc1ccc(F)cc1. The number of nitrogens with one attached hydrogen (secondary N) is 1. The van der Waals surface area contributed by atoms with Gasteiger partial charge in [-0.05, 0) is 29.8 Å². The molecule has 0 saturated carbocycles. The van der Waals surface area contributed by atoms with Gasteiger partial charge < -0.3 is 15.5 Å². The molecule has 2 rings (SSSR count). The van der Waals surface area contributed by atoms with Gasteiger partial charge in [0.25, 0.3) is 0 Å². The van der Waals surface area contributed by atoms with E-state index in [9.17, 15) is 14.3 Å². The molecule has 0 aliphatic rings. The molecule has 1 aromatic carbocycles. The van der Waals surface area contributed by atoms with Crippen LogP contribution in [0.1, 0.15) is 16.1 Å². The lowest BCUT2D eigenvalue weighted by molar-refractivity contribution is 0.103. The number of hydrogen-bond donors (Lipinski definition) is 3. The molecule has 23 heavy (non-hydrogen) atoms. The van der Waals surface area contributed by atoms with Gasteiger partial charge in [0.2, 0.25) is 11.6 Å². The first-order chi connectivity index (χ1) is 11.0. The van der Waals surface area contributed by atoms with E-state index in [4.69, 9.17) is 11.3 Å². The van der Waals surface area contributed by atoms with E-state index in [-0.39, 0.29) is 5.82 Å². The van der Waals surface area contributed by atoms with Crippen molar-refractivity contribution in [2.24, 2.45) is 16.2 Å². The zero-order valence-electron chi connectivity index (χ0n) is 12.0. The molecule has 8 heteroatoms. The summed E-state index contributed by atoms with van der Waals surface area (Å²) < 4.78 is 14.6. The highest BCUT2D eigenvalue weighted by molar-refractivity contribution is 6.08. The maximum Gasteiger partial charge on any atom is 0.211 e. The number of carbonyl (C=O) groups excluding carboxylic acids is 1. The molecule has 0 aliphatic heterocycles. The Kier molecular flexibility index (Phi) is 4.98. The average molecular weight is 315 g/mol. The molecule has 0 amide bonds. The Bertz CT molecular complexity index is 777. The van der Waals surface area contributed by atoms with Gasteiger partial charge in [-0.15, -0.1) is 5.11 Å². The summed E-state index contributed by atoms with van der Waals surface area (Å²) in [5.74, 6) is 2.68. The molecule has 0 atom stereocenters. The van der Waals surface area contributed by atoms with Gasteiger partial charge in [0, 0.05) is 18.8 Å². The second-order valence-corrected chi connectivity index (χ2v) is 4.61. The summed E-state index contributed by atoms with van der Waals surface area (Å²) in [7, 11) is 0. The number of amidine groups is 1. The Balaban J connectivity index is 2.20. The van der Waals surface area contributed by atoms with E-state index in [0.717, 1.165) is 11.6 Å². The molecule has 7 nitrogen and oxygen atoms in total. The number of nitrogens with zero attached hydrogens (tertiary/aromatic N) is 3. The third kappa shape index (κ3) is 4.10. The summed E-state index contributed by atoms with van der Waals surface area (Å²) in [6.45, 7) is 0.364. The Labute approximate surface area is 131 Å². The van der Waals surface area contributed by atoms with E-state index in [1.54, 1.807) is 35.0 Å². The normalized spacial score (nSPS) is 11.8. The number of allylic oxidation sites excluding steroid dienone is 1. The maximum absolute atomic E-state index is 12.9. The van der Waals surface area contributed by atoms with Crippen LogP contribution in [0, 0.1) is 11.2 Å². The van der Waals surface area contributed by atoms with E-state index >= 15 is 0 Å². The summed E-state index contributed by atoms with van der Waals surface area (Å²) in [6.07, 6.45) is 2.56. The summed E-state index contributed by atoms with van der Waals surface area (Å²) in [6, 6.07) is 9.16. The van der Waals surface area contributed by atoms with Crippen LogP contribution in [0.25, 0.3) is 0 Å². The van der Waals surface area contributed by atoms with Crippen molar-refractivity contribution in [1.82, 2.24) is 4.57 Å². The van der Waals surface area contributed by atoms with Crippen LogP contribution >= 0.6 is 0 Å². The molecule has 0 unspecified atom stereocenters. The van der Waals surface area contributed by atoms with Gasteiger partial charge in [-0.2, -0.15) is 0 Å². The predicted octanol–water partition coefficient (Wildman–Crippen LogP) is 2.60. The molecular weight excluding hydrogens is 301 g/mol. The fraction of sp³-hybridized carbons (Fsp3) is 0.0667. The van der Waals surface area contributed by atoms with Crippen LogP contribution in [0.5, 0.6) is 0 Å². The highest BCUT2D eigenvalue weighted by Gasteiger charge is 2.12. The number of aliphatic hydroxyl groups excluding tert-OH is 1. The third-order valence-corrected chi connectivity index (χ3v) is 3.02. The summed E-state index contributed by atoms with van der Waals surface area (Å²) in [4.78, 5) is 12.2. The summed E-state index contributed by atoms with van der Waals surface area (Å²) in [5.41, 5.74) is 1.12. The first-order valence-corrected chi connectivity index (χ1v) is 6.55. The van der Waals surface area contributed by atoms with Crippen molar-refractivity contribution in [2.45, 2.75) is 6.54 Å². The number of nitrogens with two attached hydrogens (primary N) is 1. The van der Waals surface area contributed by atoms with Gasteiger partial charge >= 0.3 is 0 Å². The van der Waals surface area contributed by atoms with Crippen LogP contribution < -0.4 is 5.84 Å². The van der Waals surface area contributed by atoms with Crippen molar-refractivity contribution in [3.8, 4) is 0 Å². The maximum atomic E-state index is 12.9. The Hall–Kier alpha value is -3.29. The average Bonchev–Trinajstić information content (AvgIpc) is 2.98. The molecule has 1 aromatic heterocycles. The molecular formula is C15H14FN5O2. The van der Waals surface area contributed by atoms with Crippen molar-refractivity contribution < 1.29 is 14.3 Å². The zero-order chi connectivity index (χ0) is 16.8. The zero-order valence-corrected chi connectivity index (χ0v) is 12.0. The van der Waals surface area contributed by atoms with Crippen molar-refractivity contribution in [3.05, 3.63) is 71.5 Å². The Morgan fingerprint density at radius 3 is 2.70 bits per heavy atom. The lowest BCUT2D eigenvalue weighted by atomic mass is 10.2. The fourth-order valence-electron chi connectivity index (χ4n) is 1.94. The van der Waals surface area contributed by atoms with Gasteiger partial charge in [-0.25, -0.2) is 4.39 Å². The number of halogens is 1. The van der Waals surface area contributed by atoms with E-state index in [2.05, 4.69) is 10.3 Å². The first-order valence-electron chi connectivity index (χ1n) is 6.55. The van der Waals surface area contributed by atoms with Crippen LogP contribution in [0.4, 0.5) is 4.39 Å². The van der Waals surface area contributed by atoms with Gasteiger partial charge in [0.15, 0.2) is 5.76 Å². The minimum Gasteiger partial charge on any atom is -0.504 e. The van der Waals surface area contributed by atoms with Crippen LogP contribution in [0.3, 0.4) is 0 Å². The lowest BCUT2D eigenvalue weighted by Crippen LogP contribution is -2.09. The number of ketones is 1. The minimum atomic E-state index is -0.640. The quantitative estimate of drug-likeness (QED) is 0.115. The molecule has 0 spiro atoms. The van der Waals surface area contributed by atoms with E-state index in [1.165, 1.54) is 12.1 Å². The van der Waals surface area contributed by atoms with Gasteiger partial charge in [0.05, 0.1) is 5.69 Å². The van der Waals surface area contributed by atoms with Crippen LogP contribution in [-0.2, 0) is 6.54 Å². The number of hydrogen-bond acceptors (Lipinski definition) is 4. The van der Waals surface area contributed by atoms with E-state index in [1.807, 2.05) is 0 Å². The van der Waals surface area contributed by atoms with Crippen LogP contribution in [-0.4, -0.2) is 21.3 Å². The minimum absolute atomic E-state index is 0.304. The van der Waals surface area contributed by atoms with Gasteiger partial charge in [0.1, 0.15) is 5.82 Å². The molecule has 4 N–H and O–H groups in total. The number of benzene rings is 1. The van der Waals surface area contributed by atoms with Crippen molar-refractivity contribution in [1.29, 1.82) is 5.41 Å². The largest absolute Gasteiger partial charge is 0.504 e. The first kappa shape index (κ1) is 16.1. The van der Waals surface area contributed by atoms with Crippen LogP contribution in [0.2, 0.25) is 0 Å². The topological polar surface area (TPSA) is 117 Å². The molecule has 2 aromatic rings. The van der Waals surface area contributed by atoms with Crippen molar-refractivity contribution in [2.75, 3.05) is 0 Å². The number of aromatic nitrogens is 1. The lowest BCUT2D eigenvalue weighted by Gasteiger charge is -2.07. The number of rotatable bonds is 5. The van der Waals surface area contributed by atoms with Gasteiger partial charge in [-0.1, -0.05) is 17.4 Å². The standard InChI is InChI=1S/C15H14FN5O2/c16-11-5-3-10(4-6-11)9-21-7-1-2-12(21)13(22)8-14(23)15(17)19-20-18/h1-8,23H,9H2,(H3,17,18,19)/b14-8-. The fourth-order valence-corrected chi connectivity index (χ4v) is 1.94. The smallest absolute Gasteiger partial charge is 0.211 e. The molecule has 0 fully saturated rings. The Morgan fingerprint density at radius 1 is 1.35 bits per heavy atom. The number of carbonyl (C=O) groups is 1. The van der Waals surface area contributed by atoms with Crippen molar-refractivity contribution >= 4 is 11.6 Å². The van der Waals surface area contributed by atoms with Crippen molar-refractivity contribution in [3.63, 3.8) is 0 Å². The summed E-state index contributed by atoms with van der Waals surface area (Å²) in [5, 5.41) is 22.9. The molecule has 118 valence electrons. The number of aliphatic hydroxyl groups is 1.